The summed E-state index contributed by atoms with van der Waals surface area (Å²) >= 11 is 1.71. The van der Waals surface area contributed by atoms with Gasteiger partial charge in [0.2, 0.25) is 0 Å². The number of halogens is 1. The SMILES string of the molecule is Cc1cnc(CCN=C(N)N2CCN(c3ccc(F)cc3)CC2)s1. The van der Waals surface area contributed by atoms with Gasteiger partial charge in [0.05, 0.1) is 5.01 Å². The molecule has 1 aromatic carbocycles. The van der Waals surface area contributed by atoms with Crippen LogP contribution in [-0.4, -0.2) is 48.6 Å². The first-order chi connectivity index (χ1) is 11.6. The van der Waals surface area contributed by atoms with E-state index in [2.05, 4.69) is 26.7 Å². The molecule has 24 heavy (non-hydrogen) atoms. The Bertz CT molecular complexity index is 689. The van der Waals surface area contributed by atoms with E-state index in [1.807, 2.05) is 18.3 Å². The molecule has 1 fully saturated rings. The monoisotopic (exact) mass is 347 g/mol. The van der Waals surface area contributed by atoms with E-state index in [0.29, 0.717) is 12.5 Å². The Morgan fingerprint density at radius 3 is 2.58 bits per heavy atom. The van der Waals surface area contributed by atoms with Gasteiger partial charge in [-0.2, -0.15) is 0 Å². The number of piperazine rings is 1. The lowest BCUT2D eigenvalue weighted by atomic mass is 10.2. The van der Waals surface area contributed by atoms with Crippen molar-refractivity contribution in [3.63, 3.8) is 0 Å². The van der Waals surface area contributed by atoms with Crippen molar-refractivity contribution in [2.45, 2.75) is 13.3 Å². The summed E-state index contributed by atoms with van der Waals surface area (Å²) in [7, 11) is 0. The number of hydrogen-bond donors (Lipinski definition) is 1. The van der Waals surface area contributed by atoms with Gasteiger partial charge in [0, 0.05) is 55.9 Å². The van der Waals surface area contributed by atoms with Crippen LogP contribution in [0.5, 0.6) is 0 Å². The number of aryl methyl sites for hydroxylation is 1. The van der Waals surface area contributed by atoms with Crippen LogP contribution in [0.25, 0.3) is 0 Å². The third-order valence-electron chi connectivity index (χ3n) is 4.06. The molecule has 1 aliphatic rings. The Labute approximate surface area is 145 Å². The molecule has 0 atom stereocenters. The first kappa shape index (κ1) is 16.7. The molecule has 128 valence electrons. The number of aliphatic imine (C=N–C) groups is 1. The number of nitrogens with two attached hydrogens (primary N) is 1. The molecule has 2 heterocycles. The van der Waals surface area contributed by atoms with Gasteiger partial charge in [-0.3, -0.25) is 4.99 Å². The van der Waals surface area contributed by atoms with Crippen LogP contribution in [0, 0.1) is 12.7 Å². The molecule has 0 spiro atoms. The van der Waals surface area contributed by atoms with E-state index in [1.165, 1.54) is 17.0 Å². The Kier molecular flexibility index (Phi) is 5.30. The van der Waals surface area contributed by atoms with Gasteiger partial charge < -0.3 is 15.5 Å². The van der Waals surface area contributed by atoms with Crippen molar-refractivity contribution in [2.24, 2.45) is 10.7 Å². The summed E-state index contributed by atoms with van der Waals surface area (Å²) in [4.78, 5) is 14.4. The molecule has 0 bridgehead atoms. The molecule has 0 unspecified atom stereocenters. The molecule has 5 nitrogen and oxygen atoms in total. The van der Waals surface area contributed by atoms with Gasteiger partial charge in [-0.05, 0) is 31.2 Å². The van der Waals surface area contributed by atoms with E-state index in [0.717, 1.165) is 43.3 Å². The maximum Gasteiger partial charge on any atom is 0.191 e. The Balaban J connectivity index is 1.48. The first-order valence-electron chi connectivity index (χ1n) is 8.08. The second-order valence-corrected chi connectivity index (χ2v) is 7.12. The molecule has 7 heteroatoms. The molecule has 3 rings (SSSR count). The fourth-order valence-electron chi connectivity index (χ4n) is 2.73. The number of guanidine groups is 1. The molecule has 2 N–H and O–H groups in total. The van der Waals surface area contributed by atoms with Crippen LogP contribution >= 0.6 is 11.3 Å². The number of anilines is 1. The van der Waals surface area contributed by atoms with Crippen LogP contribution in [0.15, 0.2) is 35.5 Å². The highest BCUT2D eigenvalue weighted by atomic mass is 32.1. The minimum absolute atomic E-state index is 0.204. The molecule has 1 aliphatic heterocycles. The highest BCUT2D eigenvalue weighted by Crippen LogP contribution is 2.17. The zero-order chi connectivity index (χ0) is 16.9. The average molecular weight is 347 g/mol. The summed E-state index contributed by atoms with van der Waals surface area (Å²) in [6, 6.07) is 6.63. The van der Waals surface area contributed by atoms with Crippen LogP contribution in [-0.2, 0) is 6.42 Å². The standard InChI is InChI=1S/C17H22FN5S/c1-13-12-21-16(24-13)6-7-20-17(19)23-10-8-22(9-11-23)15-4-2-14(18)3-5-15/h2-5,12H,6-11H2,1H3,(H2,19,20). The number of hydrogen-bond acceptors (Lipinski definition) is 4. The highest BCUT2D eigenvalue weighted by molar-refractivity contribution is 7.11. The van der Waals surface area contributed by atoms with Gasteiger partial charge in [-0.1, -0.05) is 0 Å². The summed E-state index contributed by atoms with van der Waals surface area (Å²) in [5.74, 6) is 0.395. The lowest BCUT2D eigenvalue weighted by Gasteiger charge is -2.36. The fraction of sp³-hybridized carbons (Fsp3) is 0.412. The molecule has 0 saturated carbocycles. The van der Waals surface area contributed by atoms with Gasteiger partial charge in [0.25, 0.3) is 0 Å². The van der Waals surface area contributed by atoms with Gasteiger partial charge in [0.15, 0.2) is 5.96 Å². The maximum absolute atomic E-state index is 13.0. The largest absolute Gasteiger partial charge is 0.370 e. The number of nitrogens with zero attached hydrogens (tertiary/aromatic N) is 4. The fourth-order valence-corrected chi connectivity index (χ4v) is 3.50. The zero-order valence-corrected chi connectivity index (χ0v) is 14.6. The van der Waals surface area contributed by atoms with E-state index in [-0.39, 0.29) is 5.82 Å². The summed E-state index contributed by atoms with van der Waals surface area (Å²) in [6.07, 6.45) is 2.72. The van der Waals surface area contributed by atoms with Gasteiger partial charge in [-0.25, -0.2) is 9.37 Å². The predicted octanol–water partition coefficient (Wildman–Crippen LogP) is 2.27. The predicted molar refractivity (Wildman–Crippen MR) is 97.2 cm³/mol. The van der Waals surface area contributed by atoms with E-state index < -0.39 is 0 Å². The third kappa shape index (κ3) is 4.23. The van der Waals surface area contributed by atoms with Crippen LogP contribution in [0.3, 0.4) is 0 Å². The normalized spacial score (nSPS) is 15.8. The van der Waals surface area contributed by atoms with E-state index in [9.17, 15) is 4.39 Å². The second-order valence-electron chi connectivity index (χ2n) is 5.81. The Hall–Kier alpha value is -2.15. The van der Waals surface area contributed by atoms with E-state index >= 15 is 0 Å². The van der Waals surface area contributed by atoms with Crippen molar-refractivity contribution in [1.29, 1.82) is 0 Å². The van der Waals surface area contributed by atoms with Crippen molar-refractivity contribution in [2.75, 3.05) is 37.6 Å². The van der Waals surface area contributed by atoms with E-state index in [1.54, 1.807) is 11.3 Å². The Morgan fingerprint density at radius 2 is 1.96 bits per heavy atom. The minimum atomic E-state index is -0.204. The topological polar surface area (TPSA) is 57.8 Å². The lowest BCUT2D eigenvalue weighted by Crippen LogP contribution is -2.51. The average Bonchev–Trinajstić information content (AvgIpc) is 3.01. The van der Waals surface area contributed by atoms with Gasteiger partial charge in [0.1, 0.15) is 5.82 Å². The summed E-state index contributed by atoms with van der Waals surface area (Å²) in [5, 5.41) is 1.10. The molecule has 2 aromatic rings. The number of thiazole rings is 1. The quantitative estimate of drug-likeness (QED) is 0.681. The van der Waals surface area contributed by atoms with E-state index in [4.69, 9.17) is 5.73 Å². The van der Waals surface area contributed by atoms with Crippen LogP contribution in [0.1, 0.15) is 9.88 Å². The van der Waals surface area contributed by atoms with Crippen molar-refractivity contribution in [3.8, 4) is 0 Å². The highest BCUT2D eigenvalue weighted by Gasteiger charge is 2.18. The van der Waals surface area contributed by atoms with Gasteiger partial charge >= 0.3 is 0 Å². The number of rotatable bonds is 4. The molecule has 0 aliphatic carbocycles. The maximum atomic E-state index is 13.0. The van der Waals surface area contributed by atoms with Crippen LogP contribution in [0.4, 0.5) is 10.1 Å². The van der Waals surface area contributed by atoms with Crippen molar-refractivity contribution < 1.29 is 4.39 Å². The second kappa shape index (κ2) is 7.61. The number of aromatic nitrogens is 1. The van der Waals surface area contributed by atoms with Crippen LogP contribution < -0.4 is 10.6 Å². The molecular formula is C17H22FN5S. The summed E-state index contributed by atoms with van der Waals surface area (Å²) in [6.45, 7) is 6.07. The molecule has 0 amide bonds. The summed E-state index contributed by atoms with van der Waals surface area (Å²) < 4.78 is 13.0. The lowest BCUT2D eigenvalue weighted by molar-refractivity contribution is 0.381. The Morgan fingerprint density at radius 1 is 1.25 bits per heavy atom. The summed E-state index contributed by atoms with van der Waals surface area (Å²) in [5.41, 5.74) is 7.16. The smallest absolute Gasteiger partial charge is 0.191 e. The number of benzene rings is 1. The minimum Gasteiger partial charge on any atom is -0.370 e. The first-order valence-corrected chi connectivity index (χ1v) is 8.90. The molecule has 0 radical (unpaired) electrons. The van der Waals surface area contributed by atoms with Gasteiger partial charge in [-0.15, -0.1) is 11.3 Å². The molecule has 1 saturated heterocycles. The van der Waals surface area contributed by atoms with Crippen molar-refractivity contribution in [1.82, 2.24) is 9.88 Å². The third-order valence-corrected chi connectivity index (χ3v) is 5.04. The van der Waals surface area contributed by atoms with Crippen molar-refractivity contribution >= 4 is 23.0 Å². The molecule has 1 aromatic heterocycles. The van der Waals surface area contributed by atoms with Crippen molar-refractivity contribution in [3.05, 3.63) is 46.2 Å². The van der Waals surface area contributed by atoms with Crippen LogP contribution in [0.2, 0.25) is 0 Å². The zero-order valence-electron chi connectivity index (χ0n) is 13.8. The molecular weight excluding hydrogens is 325 g/mol.